The largest absolute Gasteiger partial charge is 0.315 e. The predicted octanol–water partition coefficient (Wildman–Crippen LogP) is 0.158. The van der Waals surface area contributed by atoms with Gasteiger partial charge in [-0.1, -0.05) is 0 Å². The van der Waals surface area contributed by atoms with E-state index >= 15 is 0 Å². The zero-order valence-corrected chi connectivity index (χ0v) is 10.4. The van der Waals surface area contributed by atoms with Gasteiger partial charge in [-0.2, -0.15) is 5.10 Å². The Labute approximate surface area is 106 Å². The van der Waals surface area contributed by atoms with Crippen LogP contribution in [0.25, 0.3) is 0 Å². The van der Waals surface area contributed by atoms with Crippen LogP contribution in [-0.2, 0) is 0 Å². The first kappa shape index (κ1) is 11.7. The fourth-order valence-corrected chi connectivity index (χ4v) is 2.56. The third-order valence-electron chi connectivity index (χ3n) is 3.58. The van der Waals surface area contributed by atoms with Gasteiger partial charge in [0, 0.05) is 25.8 Å². The number of aromatic nitrogens is 2. The molecule has 1 aromatic heterocycles. The minimum absolute atomic E-state index is 0.0185. The first-order valence-electron chi connectivity index (χ1n) is 6.66. The summed E-state index contributed by atoms with van der Waals surface area (Å²) in [6, 6.07) is 2.20. The summed E-state index contributed by atoms with van der Waals surface area (Å²) in [7, 11) is 0. The maximum atomic E-state index is 12.1. The van der Waals surface area contributed by atoms with Crippen molar-refractivity contribution >= 4 is 5.91 Å². The number of carbonyl (C=O) groups excluding carboxylic acids is 1. The molecule has 0 unspecified atom stereocenters. The van der Waals surface area contributed by atoms with E-state index < -0.39 is 0 Å². The van der Waals surface area contributed by atoms with Crippen LogP contribution in [0, 0.1) is 0 Å². The van der Waals surface area contributed by atoms with Crippen molar-refractivity contribution in [3.05, 3.63) is 18.0 Å². The zero-order chi connectivity index (χ0) is 12.4. The van der Waals surface area contributed by atoms with E-state index in [-0.39, 0.29) is 5.91 Å². The average molecular weight is 249 g/mol. The molecule has 2 saturated heterocycles. The van der Waals surface area contributed by atoms with E-state index in [0.717, 1.165) is 39.0 Å². The van der Waals surface area contributed by atoms with E-state index in [1.54, 1.807) is 5.01 Å². The van der Waals surface area contributed by atoms with Crippen molar-refractivity contribution in [2.45, 2.75) is 25.3 Å². The maximum Gasteiger partial charge on any atom is 0.288 e. The number of nitrogens with zero attached hydrogens (tertiary/aromatic N) is 3. The van der Waals surface area contributed by atoms with Gasteiger partial charge in [0.05, 0.1) is 6.04 Å². The highest BCUT2D eigenvalue weighted by atomic mass is 16.2. The lowest BCUT2D eigenvalue weighted by Crippen LogP contribution is -2.37. The van der Waals surface area contributed by atoms with Crippen molar-refractivity contribution in [2.75, 3.05) is 26.2 Å². The molecule has 2 fully saturated rings. The number of nitrogens with one attached hydrogen (secondary N) is 2. The average Bonchev–Trinajstić information content (AvgIpc) is 3.10. The molecule has 1 atom stereocenters. The van der Waals surface area contributed by atoms with Crippen LogP contribution in [0.5, 0.6) is 0 Å². The fourth-order valence-electron chi connectivity index (χ4n) is 2.56. The molecule has 0 radical (unpaired) electrons. The molecule has 0 bridgehead atoms. The molecule has 3 rings (SSSR count). The van der Waals surface area contributed by atoms with Crippen LogP contribution in [0.2, 0.25) is 0 Å². The van der Waals surface area contributed by atoms with Gasteiger partial charge in [-0.3, -0.25) is 14.5 Å². The number of carbonyl (C=O) groups is 1. The van der Waals surface area contributed by atoms with Gasteiger partial charge in [-0.15, -0.1) is 0 Å². The molecule has 2 aliphatic rings. The number of amides is 1. The van der Waals surface area contributed by atoms with Crippen molar-refractivity contribution in [3.8, 4) is 0 Å². The Morgan fingerprint density at radius 3 is 3.06 bits per heavy atom. The van der Waals surface area contributed by atoms with Crippen molar-refractivity contribution in [2.24, 2.45) is 0 Å². The summed E-state index contributed by atoms with van der Waals surface area (Å²) in [6.45, 7) is 3.67. The smallest absolute Gasteiger partial charge is 0.288 e. The van der Waals surface area contributed by atoms with E-state index in [1.165, 1.54) is 6.42 Å². The Balaban J connectivity index is 1.70. The third-order valence-corrected chi connectivity index (χ3v) is 3.58. The van der Waals surface area contributed by atoms with Gasteiger partial charge in [-0.25, -0.2) is 5.43 Å². The highest BCUT2D eigenvalue weighted by Crippen LogP contribution is 2.16. The molecular formula is C12H19N5O. The molecule has 6 nitrogen and oxygen atoms in total. The molecule has 0 aliphatic carbocycles. The lowest BCUT2D eigenvalue weighted by atomic mass is 10.1. The van der Waals surface area contributed by atoms with Crippen LogP contribution in [0.4, 0.5) is 0 Å². The van der Waals surface area contributed by atoms with E-state index in [0.29, 0.717) is 11.7 Å². The predicted molar refractivity (Wildman–Crippen MR) is 67.0 cm³/mol. The lowest BCUT2D eigenvalue weighted by Gasteiger charge is -2.23. The molecule has 98 valence electrons. The number of rotatable bonds is 2. The van der Waals surface area contributed by atoms with Gasteiger partial charge in [0.15, 0.2) is 5.69 Å². The minimum atomic E-state index is -0.0185. The van der Waals surface area contributed by atoms with Crippen molar-refractivity contribution < 1.29 is 4.79 Å². The molecule has 1 aromatic rings. The molecule has 2 aliphatic heterocycles. The Kier molecular flexibility index (Phi) is 3.29. The summed E-state index contributed by atoms with van der Waals surface area (Å²) >= 11 is 0. The van der Waals surface area contributed by atoms with E-state index in [9.17, 15) is 4.79 Å². The van der Waals surface area contributed by atoms with Gasteiger partial charge in [0.25, 0.3) is 5.91 Å². The number of hydrogen-bond donors (Lipinski definition) is 2. The van der Waals surface area contributed by atoms with Crippen molar-refractivity contribution in [1.29, 1.82) is 0 Å². The maximum absolute atomic E-state index is 12.1. The van der Waals surface area contributed by atoms with E-state index in [1.807, 2.05) is 16.9 Å². The number of hydrazine groups is 1. The Morgan fingerprint density at radius 2 is 2.33 bits per heavy atom. The second-order valence-electron chi connectivity index (χ2n) is 4.90. The minimum Gasteiger partial charge on any atom is -0.315 e. The molecule has 18 heavy (non-hydrogen) atoms. The molecule has 1 amide bonds. The normalized spacial score (nSPS) is 24.4. The van der Waals surface area contributed by atoms with Crippen LogP contribution in [0.1, 0.15) is 35.8 Å². The SMILES string of the molecule is O=C(c1ccn([C@H]2CCCNC2)n1)N1CCCN1. The topological polar surface area (TPSA) is 62.2 Å². The summed E-state index contributed by atoms with van der Waals surface area (Å²) in [5.74, 6) is -0.0185. The zero-order valence-electron chi connectivity index (χ0n) is 10.4. The molecule has 6 heteroatoms. The van der Waals surface area contributed by atoms with Crippen molar-refractivity contribution in [3.63, 3.8) is 0 Å². The Morgan fingerprint density at radius 1 is 1.39 bits per heavy atom. The van der Waals surface area contributed by atoms with Crippen molar-refractivity contribution in [1.82, 2.24) is 25.5 Å². The van der Waals surface area contributed by atoms with Crippen LogP contribution in [0.15, 0.2) is 12.3 Å². The quantitative estimate of drug-likeness (QED) is 0.783. The van der Waals surface area contributed by atoms with Gasteiger partial charge < -0.3 is 5.32 Å². The van der Waals surface area contributed by atoms with E-state index in [2.05, 4.69) is 15.8 Å². The number of piperidine rings is 1. The van der Waals surface area contributed by atoms with Crippen LogP contribution in [-0.4, -0.2) is 46.9 Å². The first-order chi connectivity index (χ1) is 8.84. The summed E-state index contributed by atoms with van der Waals surface area (Å²) in [4.78, 5) is 12.1. The fraction of sp³-hybridized carbons (Fsp3) is 0.667. The highest BCUT2D eigenvalue weighted by molar-refractivity contribution is 5.91. The van der Waals surface area contributed by atoms with Gasteiger partial charge >= 0.3 is 0 Å². The lowest BCUT2D eigenvalue weighted by molar-refractivity contribution is 0.0718. The van der Waals surface area contributed by atoms with Crippen LogP contribution >= 0.6 is 0 Å². The first-order valence-corrected chi connectivity index (χ1v) is 6.66. The monoisotopic (exact) mass is 249 g/mol. The molecule has 0 saturated carbocycles. The molecular weight excluding hydrogens is 230 g/mol. The van der Waals surface area contributed by atoms with E-state index in [4.69, 9.17) is 0 Å². The van der Waals surface area contributed by atoms with Gasteiger partial charge in [-0.05, 0) is 31.9 Å². The third kappa shape index (κ3) is 2.26. The number of hydrogen-bond acceptors (Lipinski definition) is 4. The Bertz CT molecular complexity index is 418. The molecule has 3 heterocycles. The van der Waals surface area contributed by atoms with Crippen LogP contribution < -0.4 is 10.7 Å². The summed E-state index contributed by atoms with van der Waals surface area (Å²) in [5.41, 5.74) is 3.60. The standard InChI is InChI=1S/C12H19N5O/c18-12(17-7-2-6-14-17)11-4-8-16(15-11)10-3-1-5-13-9-10/h4,8,10,13-14H,1-3,5-7,9H2/t10-/m0/s1. The van der Waals surface area contributed by atoms with Gasteiger partial charge in [0.1, 0.15) is 0 Å². The Hall–Kier alpha value is -1.40. The molecule has 0 spiro atoms. The summed E-state index contributed by atoms with van der Waals surface area (Å²) in [5, 5.41) is 9.44. The van der Waals surface area contributed by atoms with Gasteiger partial charge in [0.2, 0.25) is 0 Å². The summed E-state index contributed by atoms with van der Waals surface area (Å²) in [6.07, 6.45) is 5.23. The second kappa shape index (κ2) is 5.07. The second-order valence-corrected chi connectivity index (χ2v) is 4.90. The molecule has 0 aromatic carbocycles. The highest BCUT2D eigenvalue weighted by Gasteiger charge is 2.23. The van der Waals surface area contributed by atoms with Crippen LogP contribution in [0.3, 0.4) is 0 Å². The summed E-state index contributed by atoms with van der Waals surface area (Å²) < 4.78 is 1.93. The molecule has 2 N–H and O–H groups in total.